The number of nitrogens with zero attached hydrogens (tertiary/aromatic N) is 2. The normalized spacial score (nSPS) is 14.0. The van der Waals surface area contributed by atoms with Gasteiger partial charge >= 0.3 is 0 Å². The first-order valence-corrected chi connectivity index (χ1v) is 8.53. The van der Waals surface area contributed by atoms with Gasteiger partial charge in [0.15, 0.2) is 0 Å². The lowest BCUT2D eigenvalue weighted by Gasteiger charge is -2.09. The molecule has 6 heteroatoms. The van der Waals surface area contributed by atoms with Crippen LogP contribution in [0.5, 0.6) is 0 Å². The highest BCUT2D eigenvalue weighted by atomic mass is 16.5. The van der Waals surface area contributed by atoms with Gasteiger partial charge in [0.1, 0.15) is 0 Å². The lowest BCUT2D eigenvalue weighted by atomic mass is 10.2. The quantitative estimate of drug-likeness (QED) is 0.711. The molecule has 0 aliphatic heterocycles. The molecule has 0 unspecified atom stereocenters. The van der Waals surface area contributed by atoms with Crippen molar-refractivity contribution in [1.29, 1.82) is 0 Å². The summed E-state index contributed by atoms with van der Waals surface area (Å²) in [5.74, 6) is 0.765. The maximum absolute atomic E-state index is 11.9. The number of aryl methyl sites for hydroxylation is 1. The fourth-order valence-corrected chi connectivity index (χ4v) is 2.57. The lowest BCUT2D eigenvalue weighted by Crippen LogP contribution is -2.27. The second kappa shape index (κ2) is 8.06. The van der Waals surface area contributed by atoms with Crippen LogP contribution in [0.4, 0.5) is 0 Å². The van der Waals surface area contributed by atoms with Gasteiger partial charge in [-0.2, -0.15) is 5.10 Å². The molecule has 0 atom stereocenters. The zero-order chi connectivity index (χ0) is 16.8. The maximum atomic E-state index is 11.9. The van der Waals surface area contributed by atoms with E-state index in [0.29, 0.717) is 31.5 Å². The Balaban J connectivity index is 1.41. The Labute approximate surface area is 140 Å². The Morgan fingerprint density at radius 2 is 2.17 bits per heavy atom. The monoisotopic (exact) mass is 329 g/mol. The summed E-state index contributed by atoms with van der Waals surface area (Å²) in [6.07, 6.45) is 5.06. The third kappa shape index (κ3) is 4.64. The number of fused-ring (bicyclic) bond motifs is 1. The summed E-state index contributed by atoms with van der Waals surface area (Å²) in [5.41, 5.74) is 0.656. The number of aromatic nitrogens is 2. The highest BCUT2D eigenvalue weighted by Gasteiger charge is 2.20. The number of nitrogens with one attached hydrogen (secondary N) is 1. The van der Waals surface area contributed by atoms with Crippen molar-refractivity contribution < 1.29 is 9.53 Å². The van der Waals surface area contributed by atoms with Gasteiger partial charge in [0.2, 0.25) is 11.3 Å². The minimum absolute atomic E-state index is 0.0122. The van der Waals surface area contributed by atoms with E-state index in [0.717, 1.165) is 24.5 Å². The molecule has 1 saturated carbocycles. The van der Waals surface area contributed by atoms with Gasteiger partial charge in [-0.05, 0) is 37.3 Å². The highest BCUT2D eigenvalue weighted by molar-refractivity contribution is 5.78. The summed E-state index contributed by atoms with van der Waals surface area (Å²) in [5, 5.41) is 7.65. The predicted molar refractivity (Wildman–Crippen MR) is 91.8 cm³/mol. The van der Waals surface area contributed by atoms with E-state index < -0.39 is 0 Å². The van der Waals surface area contributed by atoms with Crippen LogP contribution in [0.3, 0.4) is 0 Å². The van der Waals surface area contributed by atoms with Gasteiger partial charge in [0, 0.05) is 31.6 Å². The number of benzene rings is 1. The smallest absolute Gasteiger partial charge is 0.221 e. The van der Waals surface area contributed by atoms with Crippen molar-refractivity contribution in [3.63, 3.8) is 0 Å². The van der Waals surface area contributed by atoms with Crippen molar-refractivity contribution in [2.75, 3.05) is 19.8 Å². The molecule has 0 spiro atoms. The van der Waals surface area contributed by atoms with Gasteiger partial charge in [-0.15, -0.1) is 0 Å². The molecule has 2 aromatic rings. The summed E-state index contributed by atoms with van der Waals surface area (Å²) < 4.78 is 7.24. The number of ether oxygens (including phenoxy) is 1. The second-order valence-electron chi connectivity index (χ2n) is 6.22. The van der Waals surface area contributed by atoms with E-state index in [4.69, 9.17) is 4.74 Å². The number of carbonyl (C=O) groups excluding carboxylic acids is 1. The van der Waals surface area contributed by atoms with Gasteiger partial charge in [0.05, 0.1) is 18.3 Å². The van der Waals surface area contributed by atoms with E-state index in [1.165, 1.54) is 19.0 Å². The molecule has 1 aromatic carbocycles. The van der Waals surface area contributed by atoms with Crippen molar-refractivity contribution in [3.8, 4) is 0 Å². The third-order valence-electron chi connectivity index (χ3n) is 4.15. The third-order valence-corrected chi connectivity index (χ3v) is 4.15. The SMILES string of the molecule is O=C(CCn1ncc(=O)c2ccccc21)NCCCOCC1CC1. The Morgan fingerprint density at radius 1 is 1.33 bits per heavy atom. The van der Waals surface area contributed by atoms with Crippen molar-refractivity contribution in [1.82, 2.24) is 15.1 Å². The fourth-order valence-electron chi connectivity index (χ4n) is 2.57. The Kier molecular flexibility index (Phi) is 5.59. The number of carbonyl (C=O) groups is 1. The van der Waals surface area contributed by atoms with Crippen LogP contribution in [0.1, 0.15) is 25.7 Å². The van der Waals surface area contributed by atoms with Crippen LogP contribution in [0.2, 0.25) is 0 Å². The summed E-state index contributed by atoms with van der Waals surface area (Å²) in [7, 11) is 0. The van der Waals surface area contributed by atoms with Crippen molar-refractivity contribution in [2.24, 2.45) is 5.92 Å². The van der Waals surface area contributed by atoms with E-state index >= 15 is 0 Å². The largest absolute Gasteiger partial charge is 0.381 e. The average molecular weight is 329 g/mol. The first-order chi connectivity index (χ1) is 11.7. The molecule has 24 heavy (non-hydrogen) atoms. The van der Waals surface area contributed by atoms with Crippen LogP contribution in [-0.4, -0.2) is 35.4 Å². The minimum Gasteiger partial charge on any atom is -0.381 e. The maximum Gasteiger partial charge on any atom is 0.221 e. The molecular formula is C18H23N3O3. The molecule has 128 valence electrons. The van der Waals surface area contributed by atoms with Crippen LogP contribution in [-0.2, 0) is 16.1 Å². The standard InChI is InChI=1S/C18H23N3O3/c22-17-12-20-21(16-5-2-1-4-15(16)17)10-8-18(23)19-9-3-11-24-13-14-6-7-14/h1-2,4-5,12,14H,3,6-11,13H2,(H,19,23). The van der Waals surface area contributed by atoms with Crippen molar-refractivity contribution >= 4 is 16.8 Å². The van der Waals surface area contributed by atoms with E-state index in [1.807, 2.05) is 18.2 Å². The molecule has 1 fully saturated rings. The zero-order valence-corrected chi connectivity index (χ0v) is 13.7. The van der Waals surface area contributed by atoms with Crippen LogP contribution >= 0.6 is 0 Å². The predicted octanol–water partition coefficient (Wildman–Crippen LogP) is 1.72. The molecule has 1 N–H and O–H groups in total. The first-order valence-electron chi connectivity index (χ1n) is 8.53. The molecule has 0 saturated heterocycles. The molecule has 0 bridgehead atoms. The van der Waals surface area contributed by atoms with Crippen LogP contribution in [0.15, 0.2) is 35.3 Å². The molecule has 1 aromatic heterocycles. The van der Waals surface area contributed by atoms with Crippen molar-refractivity contribution in [3.05, 3.63) is 40.7 Å². The molecule has 1 aliphatic rings. The molecule has 0 radical (unpaired) electrons. The fraction of sp³-hybridized carbons (Fsp3) is 0.500. The van der Waals surface area contributed by atoms with E-state index in [9.17, 15) is 9.59 Å². The zero-order valence-electron chi connectivity index (χ0n) is 13.7. The Bertz CT molecular complexity index is 753. The average Bonchev–Trinajstić information content (AvgIpc) is 3.42. The number of para-hydroxylation sites is 1. The van der Waals surface area contributed by atoms with Gasteiger partial charge in [-0.1, -0.05) is 12.1 Å². The van der Waals surface area contributed by atoms with Gasteiger partial charge in [-0.3, -0.25) is 14.3 Å². The Morgan fingerprint density at radius 3 is 3.00 bits per heavy atom. The van der Waals surface area contributed by atoms with E-state index in [1.54, 1.807) is 10.7 Å². The molecule has 1 heterocycles. The lowest BCUT2D eigenvalue weighted by molar-refractivity contribution is -0.121. The number of rotatable bonds is 9. The Hall–Kier alpha value is -2.21. The van der Waals surface area contributed by atoms with E-state index in [2.05, 4.69) is 10.4 Å². The summed E-state index contributed by atoms with van der Waals surface area (Å²) in [6.45, 7) is 2.63. The molecule has 3 rings (SSSR count). The molecule has 6 nitrogen and oxygen atoms in total. The van der Waals surface area contributed by atoms with Gasteiger partial charge < -0.3 is 10.1 Å². The van der Waals surface area contributed by atoms with E-state index in [-0.39, 0.29) is 11.3 Å². The number of amides is 1. The van der Waals surface area contributed by atoms with Crippen LogP contribution < -0.4 is 10.7 Å². The molecular weight excluding hydrogens is 306 g/mol. The molecule has 1 aliphatic carbocycles. The first kappa shape index (κ1) is 16.6. The molecule has 1 amide bonds. The number of hydrogen-bond donors (Lipinski definition) is 1. The number of hydrogen-bond acceptors (Lipinski definition) is 4. The second-order valence-corrected chi connectivity index (χ2v) is 6.22. The topological polar surface area (TPSA) is 73.2 Å². The minimum atomic E-state index is -0.0995. The van der Waals surface area contributed by atoms with Crippen LogP contribution in [0, 0.1) is 5.92 Å². The summed E-state index contributed by atoms with van der Waals surface area (Å²) in [4.78, 5) is 23.7. The van der Waals surface area contributed by atoms with Gasteiger partial charge in [-0.25, -0.2) is 0 Å². The summed E-state index contributed by atoms with van der Waals surface area (Å²) >= 11 is 0. The van der Waals surface area contributed by atoms with Crippen molar-refractivity contribution in [2.45, 2.75) is 32.2 Å². The highest BCUT2D eigenvalue weighted by Crippen LogP contribution is 2.28. The summed E-state index contributed by atoms with van der Waals surface area (Å²) in [6, 6.07) is 7.31. The van der Waals surface area contributed by atoms with Gasteiger partial charge in [0.25, 0.3) is 0 Å². The van der Waals surface area contributed by atoms with Crippen LogP contribution in [0.25, 0.3) is 10.9 Å².